The van der Waals surface area contributed by atoms with E-state index in [9.17, 15) is 22.5 Å². The summed E-state index contributed by atoms with van der Waals surface area (Å²) < 4.78 is 39.7. The zero-order valence-electron chi connectivity index (χ0n) is 11.4. The predicted octanol–water partition coefficient (Wildman–Crippen LogP) is 5.63. The standard InChI is InChI=1S/C10H12BrN4O.BF4/c1-10(2,3)14-15(16)9-5-4-7(11)6-8(9)13-12;2-1(3,4)5/h4-6H,1-3H3;/q+1;-1. The van der Waals surface area contributed by atoms with Gasteiger partial charge in [0.05, 0.1) is 6.07 Å². The molecular weight excluding hydrogens is 359 g/mol. The van der Waals surface area contributed by atoms with Gasteiger partial charge >= 0.3 is 18.6 Å². The average molecular weight is 371 g/mol. The SMILES string of the molecule is CC(C)(C)N=[N+]([O-])c1ccc(Br)cc1[N+]#N.F[B-](F)(F)F. The van der Waals surface area contributed by atoms with Gasteiger partial charge in [0.25, 0.3) is 0 Å². The van der Waals surface area contributed by atoms with Gasteiger partial charge in [0.2, 0.25) is 5.39 Å². The Morgan fingerprint density at radius 1 is 1.29 bits per heavy atom. The van der Waals surface area contributed by atoms with Gasteiger partial charge in [0.1, 0.15) is 5.54 Å². The Balaban J connectivity index is 0.000000690. The fourth-order valence-electron chi connectivity index (χ4n) is 1.06. The largest absolute Gasteiger partial charge is 0.673 e. The van der Waals surface area contributed by atoms with Crippen molar-refractivity contribution in [3.63, 3.8) is 0 Å². The molecule has 1 aromatic carbocycles. The van der Waals surface area contributed by atoms with Gasteiger partial charge in [-0.2, -0.15) is 0 Å². The molecule has 116 valence electrons. The van der Waals surface area contributed by atoms with E-state index in [1.165, 1.54) is 0 Å². The molecule has 1 rings (SSSR count). The van der Waals surface area contributed by atoms with Crippen LogP contribution in [0.3, 0.4) is 0 Å². The second-order valence-electron chi connectivity index (χ2n) is 4.77. The summed E-state index contributed by atoms with van der Waals surface area (Å²) in [6, 6.07) is 4.77. The fourth-order valence-corrected chi connectivity index (χ4v) is 1.41. The van der Waals surface area contributed by atoms with Crippen molar-refractivity contribution in [2.75, 3.05) is 0 Å². The smallest absolute Gasteiger partial charge is 0.594 e. The summed E-state index contributed by atoms with van der Waals surface area (Å²) in [5.74, 6) is 0. The van der Waals surface area contributed by atoms with Crippen molar-refractivity contribution in [2.24, 2.45) is 5.11 Å². The Labute approximate surface area is 127 Å². The minimum atomic E-state index is -6.00. The Morgan fingerprint density at radius 3 is 2.14 bits per heavy atom. The third-order valence-corrected chi connectivity index (χ3v) is 2.14. The summed E-state index contributed by atoms with van der Waals surface area (Å²) >= 11 is 3.23. The summed E-state index contributed by atoms with van der Waals surface area (Å²) in [5, 5.41) is 24.4. The van der Waals surface area contributed by atoms with Crippen molar-refractivity contribution in [1.82, 2.24) is 0 Å². The number of rotatable bonds is 1. The molecule has 0 saturated heterocycles. The van der Waals surface area contributed by atoms with Crippen LogP contribution in [0.5, 0.6) is 0 Å². The van der Waals surface area contributed by atoms with E-state index in [1.807, 2.05) is 20.8 Å². The highest BCUT2D eigenvalue weighted by molar-refractivity contribution is 9.10. The maximum Gasteiger partial charge on any atom is 0.673 e. The molecular formula is C10H12BBrF4N4O. The Hall–Kier alpha value is -1.70. The van der Waals surface area contributed by atoms with Crippen LogP contribution in [-0.2, 0) is 0 Å². The van der Waals surface area contributed by atoms with E-state index in [2.05, 4.69) is 26.0 Å². The van der Waals surface area contributed by atoms with Gasteiger partial charge < -0.3 is 22.5 Å². The number of hydrogen-bond donors (Lipinski definition) is 0. The van der Waals surface area contributed by atoms with Crippen LogP contribution in [-0.4, -0.2) is 17.7 Å². The van der Waals surface area contributed by atoms with E-state index >= 15 is 0 Å². The van der Waals surface area contributed by atoms with Crippen molar-refractivity contribution in [3.8, 4) is 0 Å². The fraction of sp³-hybridized carbons (Fsp3) is 0.400. The van der Waals surface area contributed by atoms with E-state index in [-0.39, 0.29) is 11.4 Å². The topological polar surface area (TPSA) is 66.6 Å². The number of azo groups is 1. The Bertz CT molecular complexity index is 560. The van der Waals surface area contributed by atoms with Crippen LogP contribution in [0, 0.1) is 10.6 Å². The molecule has 0 aliphatic rings. The number of halogens is 5. The molecule has 0 aromatic heterocycles. The molecule has 11 heteroatoms. The molecule has 0 unspecified atom stereocenters. The van der Waals surface area contributed by atoms with E-state index in [4.69, 9.17) is 5.39 Å². The number of benzene rings is 1. The first-order valence-electron chi connectivity index (χ1n) is 5.55. The minimum absolute atomic E-state index is 0.178. The van der Waals surface area contributed by atoms with E-state index in [0.29, 0.717) is 4.86 Å². The first-order chi connectivity index (χ1) is 9.33. The van der Waals surface area contributed by atoms with E-state index < -0.39 is 12.8 Å². The third-order valence-electron chi connectivity index (χ3n) is 1.64. The van der Waals surface area contributed by atoms with Crippen molar-refractivity contribution in [2.45, 2.75) is 26.3 Å². The maximum absolute atomic E-state index is 11.7. The van der Waals surface area contributed by atoms with Crippen LogP contribution >= 0.6 is 15.9 Å². The first kappa shape index (κ1) is 19.3. The van der Waals surface area contributed by atoms with Gasteiger partial charge in [0.15, 0.2) is 4.98 Å². The summed E-state index contributed by atoms with van der Waals surface area (Å²) in [7, 11) is -6.00. The quantitative estimate of drug-likeness (QED) is 0.160. The van der Waals surface area contributed by atoms with Crippen molar-refractivity contribution >= 4 is 34.6 Å². The second-order valence-corrected chi connectivity index (χ2v) is 5.69. The molecule has 0 saturated carbocycles. The van der Waals surface area contributed by atoms with E-state index in [1.54, 1.807) is 18.2 Å². The van der Waals surface area contributed by atoms with Crippen LogP contribution in [0.2, 0.25) is 0 Å². The molecule has 0 heterocycles. The normalized spacial score (nSPS) is 12.2. The van der Waals surface area contributed by atoms with Crippen molar-refractivity contribution in [3.05, 3.63) is 32.9 Å². The molecule has 0 amide bonds. The molecule has 0 N–H and O–H groups in total. The highest BCUT2D eigenvalue weighted by Crippen LogP contribution is 2.31. The summed E-state index contributed by atoms with van der Waals surface area (Å²) in [6.45, 7) is 5.44. The lowest BCUT2D eigenvalue weighted by atomic mass is 10.1. The number of nitrogens with zero attached hydrogens (tertiary/aromatic N) is 4. The van der Waals surface area contributed by atoms with Crippen LogP contribution in [0.15, 0.2) is 27.8 Å². The summed E-state index contributed by atoms with van der Waals surface area (Å²) in [5.41, 5.74) is -0.0975. The van der Waals surface area contributed by atoms with Gasteiger partial charge in [0, 0.05) is 10.5 Å². The Kier molecular flexibility index (Phi) is 6.76. The highest BCUT2D eigenvalue weighted by atomic mass is 79.9. The van der Waals surface area contributed by atoms with Gasteiger partial charge in [-0.25, -0.2) is 0 Å². The first-order valence-corrected chi connectivity index (χ1v) is 6.35. The molecule has 5 nitrogen and oxygen atoms in total. The minimum Gasteiger partial charge on any atom is -0.594 e. The molecule has 0 atom stereocenters. The zero-order chi connectivity index (χ0) is 16.8. The van der Waals surface area contributed by atoms with Crippen molar-refractivity contribution < 1.29 is 22.1 Å². The third kappa shape index (κ3) is 9.78. The van der Waals surface area contributed by atoms with Crippen LogP contribution < -0.4 is 0 Å². The molecule has 0 spiro atoms. The predicted molar refractivity (Wildman–Crippen MR) is 74.5 cm³/mol. The molecule has 0 fully saturated rings. The van der Waals surface area contributed by atoms with E-state index in [0.717, 1.165) is 4.47 Å². The molecule has 21 heavy (non-hydrogen) atoms. The van der Waals surface area contributed by atoms with Gasteiger partial charge in [-0.1, -0.05) is 15.9 Å². The molecule has 1 aromatic rings. The second kappa shape index (κ2) is 7.35. The van der Waals surface area contributed by atoms with Crippen molar-refractivity contribution in [1.29, 1.82) is 5.39 Å². The van der Waals surface area contributed by atoms with Crippen LogP contribution in [0.4, 0.5) is 28.6 Å². The lowest BCUT2D eigenvalue weighted by Crippen LogP contribution is -2.12. The molecule has 0 aliphatic heterocycles. The monoisotopic (exact) mass is 370 g/mol. The Morgan fingerprint density at radius 2 is 1.76 bits per heavy atom. The van der Waals surface area contributed by atoms with Crippen LogP contribution in [0.25, 0.3) is 4.98 Å². The number of diazo groups is 1. The van der Waals surface area contributed by atoms with Gasteiger partial charge in [-0.05, 0) is 36.8 Å². The molecule has 0 aliphatic carbocycles. The van der Waals surface area contributed by atoms with Gasteiger partial charge in [-0.3, -0.25) is 0 Å². The lowest BCUT2D eigenvalue weighted by molar-refractivity contribution is -0.448. The summed E-state index contributed by atoms with van der Waals surface area (Å²) in [6.07, 6.45) is 0. The van der Waals surface area contributed by atoms with Crippen LogP contribution in [0.1, 0.15) is 20.8 Å². The average Bonchev–Trinajstić information content (AvgIpc) is 2.23. The molecule has 0 bridgehead atoms. The number of hydrogen-bond acceptors (Lipinski definition) is 3. The summed E-state index contributed by atoms with van der Waals surface area (Å²) in [4.78, 5) is 3.52. The maximum atomic E-state index is 11.7. The van der Waals surface area contributed by atoms with Gasteiger partial charge in [-0.15, -0.1) is 0 Å². The lowest BCUT2D eigenvalue weighted by Gasteiger charge is -2.08. The molecule has 0 radical (unpaired) electrons. The highest BCUT2D eigenvalue weighted by Gasteiger charge is 2.25. The zero-order valence-corrected chi connectivity index (χ0v) is 13.0.